The number of aromatic nitrogens is 2. The largest absolute Gasteiger partial charge is 0.508 e. The highest BCUT2D eigenvalue weighted by atomic mass is 79.9. The molecule has 1 aromatic heterocycles. The second-order valence-electron chi connectivity index (χ2n) is 7.34. The Bertz CT molecular complexity index is 1090. The number of hydrogen-bond acceptors (Lipinski definition) is 8. The first-order valence-electron chi connectivity index (χ1n) is 10.7. The van der Waals surface area contributed by atoms with Crippen LogP contribution in [0.1, 0.15) is 36.5 Å². The van der Waals surface area contributed by atoms with Crippen molar-refractivity contribution in [3.05, 3.63) is 51.8 Å². The van der Waals surface area contributed by atoms with Gasteiger partial charge in [-0.1, -0.05) is 37.6 Å². The normalized spacial score (nSPS) is 12.6. The number of carbonyl (C=O) groups is 2. The molecule has 36 heavy (non-hydrogen) atoms. The first kappa shape index (κ1) is 29.0. The van der Waals surface area contributed by atoms with Crippen LogP contribution in [0.25, 0.3) is 5.57 Å². The summed E-state index contributed by atoms with van der Waals surface area (Å²) in [7, 11) is 3.67. The van der Waals surface area contributed by atoms with Gasteiger partial charge in [-0.05, 0) is 33.5 Å². The number of benzene rings is 1. The molecule has 198 valence electrons. The van der Waals surface area contributed by atoms with Gasteiger partial charge in [-0.15, -0.1) is 5.10 Å². The van der Waals surface area contributed by atoms with Crippen molar-refractivity contribution in [2.75, 3.05) is 21.3 Å². The molecule has 2 aromatic rings. The van der Waals surface area contributed by atoms with Crippen LogP contribution in [0.15, 0.2) is 35.1 Å². The molecule has 0 bridgehead atoms. The molecule has 1 heterocycles. The fraction of sp³-hybridized carbons (Fsp3) is 0.435. The summed E-state index contributed by atoms with van der Waals surface area (Å²) >= 11 is 2.96. The topological polar surface area (TPSA) is 98.1 Å². The van der Waals surface area contributed by atoms with E-state index in [4.69, 9.17) is 18.9 Å². The predicted molar refractivity (Wildman–Crippen MR) is 125 cm³/mol. The summed E-state index contributed by atoms with van der Waals surface area (Å²) in [5.74, 6) is -1.38. The van der Waals surface area contributed by atoms with Crippen molar-refractivity contribution in [2.24, 2.45) is 0 Å². The highest BCUT2D eigenvalue weighted by Gasteiger charge is 2.41. The number of rotatable bonds is 11. The van der Waals surface area contributed by atoms with Crippen molar-refractivity contribution < 1.29 is 46.4 Å². The Labute approximate surface area is 214 Å². The van der Waals surface area contributed by atoms with Crippen LogP contribution in [0.3, 0.4) is 0 Å². The summed E-state index contributed by atoms with van der Waals surface area (Å²) in [4.78, 5) is 23.7. The van der Waals surface area contributed by atoms with E-state index in [9.17, 15) is 22.8 Å². The van der Waals surface area contributed by atoms with Crippen molar-refractivity contribution in [1.29, 1.82) is 0 Å². The smallest absolute Gasteiger partial charge is 0.503 e. The number of hydrogen-bond donors (Lipinski definition) is 0. The number of alkyl halides is 3. The minimum Gasteiger partial charge on any atom is -0.503 e. The maximum atomic E-state index is 13.9. The van der Waals surface area contributed by atoms with Crippen molar-refractivity contribution in [2.45, 2.75) is 45.2 Å². The third kappa shape index (κ3) is 7.39. The van der Waals surface area contributed by atoms with E-state index in [1.807, 2.05) is 6.92 Å². The van der Waals surface area contributed by atoms with Gasteiger partial charge in [-0.25, -0.2) is 9.59 Å². The average Bonchev–Trinajstić information content (AvgIpc) is 3.16. The minimum atomic E-state index is -4.80. The maximum absolute atomic E-state index is 13.9. The third-order valence-electron chi connectivity index (χ3n) is 4.87. The Morgan fingerprint density at radius 1 is 1.17 bits per heavy atom. The summed E-state index contributed by atoms with van der Waals surface area (Å²) in [6, 6.07) is 6.46. The molecule has 0 aliphatic heterocycles. The molecule has 13 heteroatoms. The van der Waals surface area contributed by atoms with Gasteiger partial charge in [0.2, 0.25) is 5.88 Å². The zero-order valence-corrected chi connectivity index (χ0v) is 21.6. The lowest BCUT2D eigenvalue weighted by Gasteiger charge is -2.16. The van der Waals surface area contributed by atoms with Gasteiger partial charge >= 0.3 is 18.3 Å². The molecule has 0 saturated carbocycles. The third-order valence-corrected chi connectivity index (χ3v) is 5.68. The van der Waals surface area contributed by atoms with Crippen LogP contribution in [-0.4, -0.2) is 49.3 Å². The van der Waals surface area contributed by atoms with Gasteiger partial charge in [-0.3, -0.25) is 4.68 Å². The van der Waals surface area contributed by atoms with E-state index in [1.165, 1.54) is 20.5 Å². The van der Waals surface area contributed by atoms with Crippen LogP contribution >= 0.6 is 15.9 Å². The van der Waals surface area contributed by atoms with E-state index in [0.29, 0.717) is 24.0 Å². The Kier molecular flexibility index (Phi) is 10.6. The molecule has 0 aliphatic carbocycles. The van der Waals surface area contributed by atoms with Crippen LogP contribution in [0.2, 0.25) is 0 Å². The van der Waals surface area contributed by atoms with Gasteiger partial charge in [0.25, 0.3) is 0 Å². The summed E-state index contributed by atoms with van der Waals surface area (Å²) in [5, 5.41) is 3.97. The highest BCUT2D eigenvalue weighted by Crippen LogP contribution is 2.41. The second kappa shape index (κ2) is 13.2. The number of esters is 1. The van der Waals surface area contributed by atoms with Crippen molar-refractivity contribution in [1.82, 2.24) is 9.78 Å². The van der Waals surface area contributed by atoms with Crippen LogP contribution < -0.4 is 4.74 Å². The molecule has 0 spiro atoms. The van der Waals surface area contributed by atoms with E-state index < -0.39 is 35.8 Å². The fourth-order valence-corrected chi connectivity index (χ4v) is 3.89. The lowest BCUT2D eigenvalue weighted by atomic mass is 10.0. The predicted octanol–water partition coefficient (Wildman–Crippen LogP) is 5.36. The summed E-state index contributed by atoms with van der Waals surface area (Å²) in [6.07, 6.45) is -4.39. The summed E-state index contributed by atoms with van der Waals surface area (Å²) < 4.78 is 67.2. The summed E-state index contributed by atoms with van der Waals surface area (Å²) in [5.41, 5.74) is -0.325. The molecule has 0 aliphatic rings. The van der Waals surface area contributed by atoms with Gasteiger partial charge in [0.1, 0.15) is 22.9 Å². The Morgan fingerprint density at radius 2 is 1.86 bits per heavy atom. The van der Waals surface area contributed by atoms with E-state index in [-0.39, 0.29) is 23.3 Å². The van der Waals surface area contributed by atoms with Gasteiger partial charge in [-0.2, -0.15) is 13.2 Å². The number of nitrogens with zero attached hydrogens (tertiary/aromatic N) is 2. The van der Waals surface area contributed by atoms with Crippen molar-refractivity contribution in [3.8, 4) is 5.88 Å². The standard InChI is InChI=1S/C23H26BrF3N2O7/c1-5-8-15(36-22(31)34-4)11-29-19(24)18(23(25,26)27)20(28-29)35-12-14-9-6-7-10-16(14)17(13-32-2)21(30)33-3/h6-7,9-10,13,15H,5,8,11-12H2,1-4H3/b17-13+. The molecule has 1 aromatic carbocycles. The maximum Gasteiger partial charge on any atom is 0.508 e. The Hall–Kier alpha value is -3.22. The zero-order valence-electron chi connectivity index (χ0n) is 20.1. The number of methoxy groups -OCH3 is 3. The van der Waals surface area contributed by atoms with E-state index in [2.05, 4.69) is 25.8 Å². The molecule has 9 nitrogen and oxygen atoms in total. The Balaban J connectivity index is 2.40. The molecular formula is C23H26BrF3N2O7. The Morgan fingerprint density at radius 3 is 2.44 bits per heavy atom. The monoisotopic (exact) mass is 578 g/mol. The molecule has 1 unspecified atom stereocenters. The molecule has 0 amide bonds. The first-order chi connectivity index (χ1) is 17.1. The van der Waals surface area contributed by atoms with Gasteiger partial charge in [0.05, 0.1) is 34.1 Å². The van der Waals surface area contributed by atoms with Gasteiger partial charge < -0.3 is 23.7 Å². The number of ether oxygens (including phenoxy) is 5. The van der Waals surface area contributed by atoms with E-state index in [1.54, 1.807) is 24.3 Å². The van der Waals surface area contributed by atoms with Crippen LogP contribution in [0.5, 0.6) is 5.88 Å². The molecule has 0 fully saturated rings. The fourth-order valence-electron chi connectivity index (χ4n) is 3.27. The second-order valence-corrected chi connectivity index (χ2v) is 8.09. The quantitative estimate of drug-likeness (QED) is 0.200. The van der Waals surface area contributed by atoms with Crippen molar-refractivity contribution >= 4 is 33.6 Å². The molecule has 0 N–H and O–H groups in total. The molecular weight excluding hydrogens is 553 g/mol. The van der Waals surface area contributed by atoms with Crippen LogP contribution in [0, 0.1) is 0 Å². The molecule has 2 rings (SSSR count). The zero-order chi connectivity index (χ0) is 26.9. The molecule has 0 saturated heterocycles. The number of carbonyl (C=O) groups excluding carboxylic acids is 2. The van der Waals surface area contributed by atoms with Gasteiger partial charge in [0, 0.05) is 0 Å². The number of halogens is 4. The summed E-state index contributed by atoms with van der Waals surface area (Å²) in [6.45, 7) is 1.31. The highest BCUT2D eigenvalue weighted by molar-refractivity contribution is 9.10. The first-order valence-corrected chi connectivity index (χ1v) is 11.5. The SMILES string of the molecule is CCCC(Cn1nc(OCc2ccccc2/C(=C\OC)C(=O)OC)c(C(F)(F)F)c1Br)OC(=O)OC. The van der Waals surface area contributed by atoms with E-state index in [0.717, 1.165) is 11.8 Å². The van der Waals surface area contributed by atoms with Crippen LogP contribution in [0.4, 0.5) is 18.0 Å². The molecule has 0 radical (unpaired) electrons. The van der Waals surface area contributed by atoms with E-state index >= 15 is 0 Å². The lowest BCUT2D eigenvalue weighted by Crippen LogP contribution is -2.24. The minimum absolute atomic E-state index is 0.0596. The van der Waals surface area contributed by atoms with Crippen molar-refractivity contribution in [3.63, 3.8) is 0 Å². The molecule has 1 atom stereocenters. The van der Waals surface area contributed by atoms with Crippen LogP contribution in [-0.2, 0) is 43.1 Å². The van der Waals surface area contributed by atoms with Gasteiger partial charge in [0.15, 0.2) is 5.56 Å². The lowest BCUT2D eigenvalue weighted by molar-refractivity contribution is -0.139. The average molecular weight is 579 g/mol.